The Kier molecular flexibility index (Phi) is 4.61. The van der Waals surface area contributed by atoms with Crippen LogP contribution in [0.4, 0.5) is 10.2 Å². The third-order valence-electron chi connectivity index (χ3n) is 6.09. The molecule has 0 saturated carbocycles. The average molecular weight is 394 g/mol. The Balaban J connectivity index is 1.19. The number of carbonyl (C=O) groups is 1. The number of carbonyl (C=O) groups excluding carboxylic acids is 1. The number of piperazine rings is 1. The molecule has 1 amide bonds. The molecule has 2 saturated heterocycles. The van der Waals surface area contributed by atoms with Gasteiger partial charge in [0.05, 0.1) is 12.2 Å². The molecule has 8 heteroatoms. The van der Waals surface area contributed by atoms with E-state index in [-0.39, 0.29) is 23.7 Å². The Morgan fingerprint density at radius 2 is 2.10 bits per heavy atom. The number of nitrogens with zero attached hydrogens (tertiary/aromatic N) is 6. The maximum absolute atomic E-state index is 13.1. The number of halogens is 1. The van der Waals surface area contributed by atoms with E-state index in [1.165, 1.54) is 17.8 Å². The summed E-state index contributed by atoms with van der Waals surface area (Å²) in [6.07, 6.45) is 8.32. The number of amides is 1. The quantitative estimate of drug-likeness (QED) is 0.665. The smallest absolute Gasteiger partial charge is 0.226 e. The summed E-state index contributed by atoms with van der Waals surface area (Å²) in [4.78, 5) is 25.6. The average Bonchev–Trinajstić information content (AvgIpc) is 3.34. The van der Waals surface area contributed by atoms with Crippen molar-refractivity contribution in [1.82, 2.24) is 24.5 Å². The van der Waals surface area contributed by atoms with Crippen molar-refractivity contribution in [1.29, 1.82) is 0 Å². The maximum Gasteiger partial charge on any atom is 0.226 e. The lowest BCUT2D eigenvalue weighted by Gasteiger charge is -2.38. The van der Waals surface area contributed by atoms with E-state index < -0.39 is 0 Å². The molecule has 0 radical (unpaired) electrons. The highest BCUT2D eigenvalue weighted by atomic mass is 19.1. The van der Waals surface area contributed by atoms with Crippen LogP contribution in [-0.4, -0.2) is 56.1 Å². The number of aryl methyl sites for hydroxylation is 1. The van der Waals surface area contributed by atoms with Crippen LogP contribution in [0.5, 0.6) is 0 Å². The van der Waals surface area contributed by atoms with Crippen molar-refractivity contribution in [3.8, 4) is 0 Å². The first kappa shape index (κ1) is 18.0. The van der Waals surface area contributed by atoms with Gasteiger partial charge in [0, 0.05) is 31.7 Å². The first-order chi connectivity index (χ1) is 14.2. The summed E-state index contributed by atoms with van der Waals surface area (Å²) in [5, 5.41) is 4.18. The van der Waals surface area contributed by atoms with Gasteiger partial charge in [0.2, 0.25) is 5.91 Å². The number of hydrogen-bond donors (Lipinski definition) is 0. The van der Waals surface area contributed by atoms with E-state index >= 15 is 0 Å². The monoisotopic (exact) mass is 394 g/mol. The molecule has 2 atom stereocenters. The number of hydrogen-bond acceptors (Lipinski definition) is 5. The minimum atomic E-state index is -0.328. The van der Waals surface area contributed by atoms with Crippen molar-refractivity contribution in [2.24, 2.45) is 5.92 Å². The lowest BCUT2D eigenvalue weighted by Crippen LogP contribution is -2.51. The Bertz CT molecular complexity index is 1020. The molecule has 0 bridgehead atoms. The van der Waals surface area contributed by atoms with Gasteiger partial charge in [0.25, 0.3) is 0 Å². The predicted molar refractivity (Wildman–Crippen MR) is 106 cm³/mol. The summed E-state index contributed by atoms with van der Waals surface area (Å²) < 4.78 is 14.9. The van der Waals surface area contributed by atoms with Crippen molar-refractivity contribution in [2.45, 2.75) is 31.7 Å². The minimum Gasteiger partial charge on any atom is -0.353 e. The normalized spacial score (nSPS) is 21.8. The van der Waals surface area contributed by atoms with Gasteiger partial charge >= 0.3 is 0 Å². The Morgan fingerprint density at radius 3 is 2.97 bits per heavy atom. The fourth-order valence-electron chi connectivity index (χ4n) is 4.65. The molecule has 5 heterocycles. The molecule has 150 valence electrons. The van der Waals surface area contributed by atoms with E-state index in [1.807, 2.05) is 17.2 Å². The number of fused-ring (bicyclic) bond motifs is 2. The first-order valence-corrected chi connectivity index (χ1v) is 10.1. The van der Waals surface area contributed by atoms with Crippen LogP contribution in [0, 0.1) is 11.7 Å². The largest absolute Gasteiger partial charge is 0.353 e. The highest BCUT2D eigenvalue weighted by Crippen LogP contribution is 2.32. The van der Waals surface area contributed by atoms with Crippen LogP contribution in [0.3, 0.4) is 0 Å². The van der Waals surface area contributed by atoms with E-state index in [0.29, 0.717) is 6.54 Å². The van der Waals surface area contributed by atoms with E-state index in [0.717, 1.165) is 50.2 Å². The molecule has 0 aliphatic carbocycles. The van der Waals surface area contributed by atoms with E-state index in [2.05, 4.69) is 26.0 Å². The summed E-state index contributed by atoms with van der Waals surface area (Å²) in [6, 6.07) is 7.43. The van der Waals surface area contributed by atoms with Crippen molar-refractivity contribution in [3.05, 3.63) is 54.4 Å². The van der Waals surface area contributed by atoms with Gasteiger partial charge in [0.1, 0.15) is 18.0 Å². The standard InChI is InChI=1S/C21H23FN6O/c22-17-6-7-19(23-12-17)26-9-10-27-18(13-26)11-16(21(27)29)4-1-3-15-5-2-8-28-20(15)24-14-25-28/h2,5-8,12,14,16,18H,1,3-4,9-11,13H2. The minimum absolute atomic E-state index is 0.0822. The van der Waals surface area contributed by atoms with Crippen LogP contribution in [-0.2, 0) is 11.2 Å². The second-order valence-corrected chi connectivity index (χ2v) is 7.85. The number of pyridine rings is 2. The van der Waals surface area contributed by atoms with Crippen LogP contribution in [0.15, 0.2) is 43.0 Å². The fraction of sp³-hybridized carbons (Fsp3) is 0.429. The molecule has 2 aliphatic heterocycles. The van der Waals surface area contributed by atoms with Crippen LogP contribution in [0.2, 0.25) is 0 Å². The zero-order valence-electron chi connectivity index (χ0n) is 16.1. The molecule has 2 fully saturated rings. The Hall–Kier alpha value is -3.03. The lowest BCUT2D eigenvalue weighted by atomic mass is 9.96. The molecule has 5 rings (SSSR count). The van der Waals surface area contributed by atoms with Gasteiger partial charge in [-0.25, -0.2) is 18.9 Å². The molecule has 0 aromatic carbocycles. The maximum atomic E-state index is 13.1. The van der Waals surface area contributed by atoms with Crippen molar-refractivity contribution in [2.75, 3.05) is 24.5 Å². The molecule has 0 N–H and O–H groups in total. The van der Waals surface area contributed by atoms with Gasteiger partial charge in [-0.1, -0.05) is 6.07 Å². The van der Waals surface area contributed by atoms with Gasteiger partial charge in [-0.05, 0) is 49.4 Å². The van der Waals surface area contributed by atoms with Crippen molar-refractivity contribution in [3.63, 3.8) is 0 Å². The number of aromatic nitrogens is 4. The SMILES string of the molecule is O=C1C(CCCc2cccn3ncnc23)CC2CN(c3ccc(F)cn3)CCN12. The molecular weight excluding hydrogens is 371 g/mol. The third-order valence-corrected chi connectivity index (χ3v) is 6.09. The van der Waals surface area contributed by atoms with Crippen molar-refractivity contribution >= 4 is 17.4 Å². The molecule has 2 aliphatic rings. The van der Waals surface area contributed by atoms with Crippen molar-refractivity contribution < 1.29 is 9.18 Å². The third kappa shape index (κ3) is 3.43. The second kappa shape index (κ2) is 7.42. The highest BCUT2D eigenvalue weighted by molar-refractivity contribution is 5.82. The molecular formula is C21H23FN6O. The topological polar surface area (TPSA) is 66.6 Å². The summed E-state index contributed by atoms with van der Waals surface area (Å²) in [5.41, 5.74) is 2.06. The number of rotatable bonds is 5. The predicted octanol–water partition coefficient (Wildman–Crippen LogP) is 2.32. The molecule has 3 aromatic rings. The molecule has 2 unspecified atom stereocenters. The van der Waals surface area contributed by atoms with E-state index in [4.69, 9.17) is 0 Å². The van der Waals surface area contributed by atoms with Gasteiger partial charge in [-0.15, -0.1) is 0 Å². The fourth-order valence-corrected chi connectivity index (χ4v) is 4.65. The zero-order chi connectivity index (χ0) is 19.8. The summed E-state index contributed by atoms with van der Waals surface area (Å²) in [7, 11) is 0. The van der Waals surface area contributed by atoms with Crippen LogP contribution >= 0.6 is 0 Å². The summed E-state index contributed by atoms with van der Waals surface area (Å²) in [6.45, 7) is 2.21. The highest BCUT2D eigenvalue weighted by Gasteiger charge is 2.42. The van der Waals surface area contributed by atoms with Crippen LogP contribution < -0.4 is 4.90 Å². The Labute approximate surface area is 168 Å². The van der Waals surface area contributed by atoms with Gasteiger partial charge in [-0.2, -0.15) is 5.10 Å². The van der Waals surface area contributed by atoms with Crippen LogP contribution in [0.1, 0.15) is 24.8 Å². The summed E-state index contributed by atoms with van der Waals surface area (Å²) >= 11 is 0. The molecule has 29 heavy (non-hydrogen) atoms. The molecule has 7 nitrogen and oxygen atoms in total. The second-order valence-electron chi connectivity index (χ2n) is 7.85. The van der Waals surface area contributed by atoms with Gasteiger partial charge < -0.3 is 9.80 Å². The van der Waals surface area contributed by atoms with E-state index in [1.54, 1.807) is 16.9 Å². The van der Waals surface area contributed by atoms with Gasteiger partial charge in [-0.3, -0.25) is 4.79 Å². The van der Waals surface area contributed by atoms with Crippen LogP contribution in [0.25, 0.3) is 5.65 Å². The van der Waals surface area contributed by atoms with E-state index in [9.17, 15) is 9.18 Å². The summed E-state index contributed by atoms with van der Waals surface area (Å²) in [5.74, 6) is 0.815. The first-order valence-electron chi connectivity index (χ1n) is 10.1. The Morgan fingerprint density at radius 1 is 1.17 bits per heavy atom. The zero-order valence-corrected chi connectivity index (χ0v) is 16.1. The number of anilines is 1. The lowest BCUT2D eigenvalue weighted by molar-refractivity contribution is -0.132. The van der Waals surface area contributed by atoms with Gasteiger partial charge in [0.15, 0.2) is 5.65 Å². The molecule has 0 spiro atoms. The molecule has 3 aromatic heterocycles.